The highest BCUT2D eigenvalue weighted by atomic mass is 16.3. The van der Waals surface area contributed by atoms with Crippen molar-refractivity contribution in [3.63, 3.8) is 0 Å². The maximum Gasteiger partial charge on any atom is 0.161 e. The normalized spacial score (nSPS) is 12.5. The molecule has 2 nitrogen and oxygen atoms in total. The molecule has 2 N–H and O–H groups in total. The van der Waals surface area contributed by atoms with Crippen LogP contribution in [-0.2, 0) is 17.3 Å². The van der Waals surface area contributed by atoms with Crippen molar-refractivity contribution in [1.29, 1.82) is 0 Å². The maximum absolute atomic E-state index is 10.3. The van der Waals surface area contributed by atoms with E-state index in [4.69, 9.17) is 0 Å². The minimum absolute atomic E-state index is 0.00245. The Labute approximate surface area is 116 Å². The van der Waals surface area contributed by atoms with Gasteiger partial charge in [0.2, 0.25) is 0 Å². The summed E-state index contributed by atoms with van der Waals surface area (Å²) in [4.78, 5) is 0. The fourth-order valence-electron chi connectivity index (χ4n) is 2.29. The molecule has 19 heavy (non-hydrogen) atoms. The molecule has 0 radical (unpaired) electrons. The lowest BCUT2D eigenvalue weighted by Gasteiger charge is -2.29. The van der Waals surface area contributed by atoms with Gasteiger partial charge >= 0.3 is 0 Å². The van der Waals surface area contributed by atoms with Crippen molar-refractivity contribution in [3.8, 4) is 11.5 Å². The Bertz CT molecular complexity index is 485. The first-order valence-corrected chi connectivity index (χ1v) is 6.69. The van der Waals surface area contributed by atoms with E-state index >= 15 is 0 Å². The second-order valence-corrected chi connectivity index (χ2v) is 7.14. The van der Waals surface area contributed by atoms with Crippen LogP contribution in [0.3, 0.4) is 0 Å². The molecule has 0 spiro atoms. The van der Waals surface area contributed by atoms with E-state index in [0.29, 0.717) is 6.42 Å². The third kappa shape index (κ3) is 3.12. The lowest BCUT2D eigenvalue weighted by atomic mass is 9.77. The van der Waals surface area contributed by atoms with E-state index in [-0.39, 0.29) is 22.3 Å². The lowest BCUT2D eigenvalue weighted by molar-refractivity contribution is 0.382. The van der Waals surface area contributed by atoms with Gasteiger partial charge in [-0.1, -0.05) is 53.7 Å². The van der Waals surface area contributed by atoms with Crippen LogP contribution in [0.1, 0.15) is 58.2 Å². The van der Waals surface area contributed by atoms with E-state index in [1.807, 2.05) is 26.8 Å². The molecule has 0 aromatic heterocycles. The zero-order valence-electron chi connectivity index (χ0n) is 13.0. The number of aromatic hydroxyl groups is 2. The summed E-state index contributed by atoms with van der Waals surface area (Å²) in [5, 5.41) is 20.6. The first-order valence-electron chi connectivity index (χ1n) is 6.69. The second kappa shape index (κ2) is 4.92. The number of hydrogen-bond donors (Lipinski definition) is 2. The van der Waals surface area contributed by atoms with E-state index in [2.05, 4.69) is 27.4 Å². The van der Waals surface area contributed by atoms with Gasteiger partial charge in [0.15, 0.2) is 11.5 Å². The summed E-state index contributed by atoms with van der Waals surface area (Å²) in [5.74, 6) is -0.00500. The van der Waals surface area contributed by atoms with Gasteiger partial charge in [0.05, 0.1) is 0 Å². The van der Waals surface area contributed by atoms with Gasteiger partial charge in [-0.05, 0) is 22.8 Å². The predicted molar refractivity (Wildman–Crippen MR) is 81.1 cm³/mol. The molecule has 1 aromatic carbocycles. The van der Waals surface area contributed by atoms with Crippen LogP contribution < -0.4 is 0 Å². The molecule has 0 saturated heterocycles. The molecule has 0 fully saturated rings. The van der Waals surface area contributed by atoms with Crippen LogP contribution in [0.15, 0.2) is 18.7 Å². The topological polar surface area (TPSA) is 40.5 Å². The zero-order chi connectivity index (χ0) is 15.0. The van der Waals surface area contributed by atoms with Gasteiger partial charge in [-0.25, -0.2) is 0 Å². The predicted octanol–water partition coefficient (Wildman–Crippen LogP) is 4.42. The van der Waals surface area contributed by atoms with Gasteiger partial charge in [-0.2, -0.15) is 0 Å². The third-order valence-electron chi connectivity index (χ3n) is 3.34. The average molecular weight is 262 g/mol. The molecule has 0 unspecified atom stereocenters. The summed E-state index contributed by atoms with van der Waals surface area (Å²) < 4.78 is 0. The standard InChI is InChI=1S/C17H26O2/c1-8-9-11-12(16(2,3)4)10-13(17(5,6)7)15(19)14(11)18/h8,10,18-19H,1,9H2,2-7H3. The Morgan fingerprint density at radius 2 is 1.42 bits per heavy atom. The molecule has 0 amide bonds. The van der Waals surface area contributed by atoms with Crippen LogP contribution in [0.5, 0.6) is 11.5 Å². The van der Waals surface area contributed by atoms with E-state index in [9.17, 15) is 10.2 Å². The Hall–Kier alpha value is -1.44. The van der Waals surface area contributed by atoms with E-state index in [1.54, 1.807) is 6.08 Å². The van der Waals surface area contributed by atoms with Crippen LogP contribution in [-0.4, -0.2) is 10.2 Å². The summed E-state index contributed by atoms with van der Waals surface area (Å²) in [6.07, 6.45) is 2.30. The zero-order valence-corrected chi connectivity index (χ0v) is 13.0. The lowest BCUT2D eigenvalue weighted by Crippen LogP contribution is -2.18. The van der Waals surface area contributed by atoms with Crippen molar-refractivity contribution in [2.24, 2.45) is 0 Å². The molecule has 1 rings (SSSR count). The Kier molecular flexibility index (Phi) is 4.04. The maximum atomic E-state index is 10.3. The number of phenolic OH excluding ortho intramolecular Hbond substituents is 2. The number of rotatable bonds is 2. The molecule has 2 heteroatoms. The molecule has 1 aromatic rings. The molecule has 0 saturated carbocycles. The monoisotopic (exact) mass is 262 g/mol. The van der Waals surface area contributed by atoms with E-state index in [1.165, 1.54) is 0 Å². The molecule has 106 valence electrons. The summed E-state index contributed by atoms with van der Waals surface area (Å²) in [6, 6.07) is 2.02. The minimum atomic E-state index is -0.214. The molecular formula is C17H26O2. The summed E-state index contributed by atoms with van der Waals surface area (Å²) in [6.45, 7) is 16.1. The highest BCUT2D eigenvalue weighted by Gasteiger charge is 2.28. The van der Waals surface area contributed by atoms with Crippen molar-refractivity contribution in [2.45, 2.75) is 58.8 Å². The van der Waals surface area contributed by atoms with Gasteiger partial charge < -0.3 is 10.2 Å². The quantitative estimate of drug-likeness (QED) is 0.612. The van der Waals surface area contributed by atoms with Crippen molar-refractivity contribution >= 4 is 0 Å². The highest BCUT2D eigenvalue weighted by molar-refractivity contribution is 5.58. The van der Waals surface area contributed by atoms with Gasteiger partial charge in [0.25, 0.3) is 0 Å². The number of hydrogen-bond acceptors (Lipinski definition) is 2. The Balaban J connectivity index is 3.69. The van der Waals surface area contributed by atoms with Crippen LogP contribution in [0.25, 0.3) is 0 Å². The smallest absolute Gasteiger partial charge is 0.161 e. The Morgan fingerprint density at radius 3 is 1.79 bits per heavy atom. The van der Waals surface area contributed by atoms with Crippen molar-refractivity contribution < 1.29 is 10.2 Å². The molecule has 0 aliphatic rings. The molecule has 0 heterocycles. The molecule has 0 aliphatic carbocycles. The van der Waals surface area contributed by atoms with Gasteiger partial charge in [0.1, 0.15) is 0 Å². The van der Waals surface area contributed by atoms with Crippen LogP contribution in [0.4, 0.5) is 0 Å². The largest absolute Gasteiger partial charge is 0.504 e. The van der Waals surface area contributed by atoms with Gasteiger partial charge in [-0.15, -0.1) is 6.58 Å². The van der Waals surface area contributed by atoms with Crippen LogP contribution >= 0.6 is 0 Å². The highest BCUT2D eigenvalue weighted by Crippen LogP contribution is 2.44. The number of benzene rings is 1. The Morgan fingerprint density at radius 1 is 0.947 bits per heavy atom. The molecular weight excluding hydrogens is 236 g/mol. The van der Waals surface area contributed by atoms with Gasteiger partial charge in [-0.3, -0.25) is 0 Å². The van der Waals surface area contributed by atoms with E-state index in [0.717, 1.165) is 16.7 Å². The average Bonchev–Trinajstić information content (AvgIpc) is 2.21. The third-order valence-corrected chi connectivity index (χ3v) is 3.34. The SMILES string of the molecule is C=CCc1c(C(C)(C)C)cc(C(C)(C)C)c(O)c1O. The summed E-state index contributed by atoms with van der Waals surface area (Å²) in [5.41, 5.74) is 2.31. The summed E-state index contributed by atoms with van der Waals surface area (Å²) in [7, 11) is 0. The minimum Gasteiger partial charge on any atom is -0.504 e. The van der Waals surface area contributed by atoms with E-state index < -0.39 is 0 Å². The fourth-order valence-corrected chi connectivity index (χ4v) is 2.29. The first kappa shape index (κ1) is 15.6. The molecule has 0 atom stereocenters. The summed E-state index contributed by atoms with van der Waals surface area (Å²) >= 11 is 0. The van der Waals surface area contributed by atoms with Crippen molar-refractivity contribution in [1.82, 2.24) is 0 Å². The second-order valence-electron chi connectivity index (χ2n) is 7.14. The first-order chi connectivity index (χ1) is 8.50. The molecule has 0 bridgehead atoms. The fraction of sp³-hybridized carbons (Fsp3) is 0.529. The molecule has 0 aliphatic heterocycles. The van der Waals surface area contributed by atoms with Crippen molar-refractivity contribution in [2.75, 3.05) is 0 Å². The number of phenols is 2. The van der Waals surface area contributed by atoms with Crippen molar-refractivity contribution in [3.05, 3.63) is 35.4 Å². The van der Waals surface area contributed by atoms with Crippen LogP contribution in [0, 0.1) is 0 Å². The van der Waals surface area contributed by atoms with Crippen LogP contribution in [0.2, 0.25) is 0 Å². The number of allylic oxidation sites excluding steroid dienone is 1. The van der Waals surface area contributed by atoms with Gasteiger partial charge in [0, 0.05) is 11.1 Å².